The van der Waals surface area contributed by atoms with Crippen LogP contribution in [-0.2, 0) is 9.47 Å². The number of rotatable bonds is 5. The van der Waals surface area contributed by atoms with Gasteiger partial charge in [0.05, 0.1) is 17.3 Å². The average molecular weight is 215 g/mol. The third-order valence-electron chi connectivity index (χ3n) is 3.03. The summed E-state index contributed by atoms with van der Waals surface area (Å²) in [5, 5.41) is 3.41. The molecule has 1 N–H and O–H groups in total. The largest absolute Gasteiger partial charge is 0.377 e. The molecule has 0 spiro atoms. The summed E-state index contributed by atoms with van der Waals surface area (Å²) < 4.78 is 11.2. The van der Waals surface area contributed by atoms with Crippen molar-refractivity contribution >= 4 is 0 Å². The molecule has 0 aromatic rings. The van der Waals surface area contributed by atoms with Crippen molar-refractivity contribution in [3.8, 4) is 0 Å². The summed E-state index contributed by atoms with van der Waals surface area (Å²) in [6, 6.07) is 0. The lowest BCUT2D eigenvalue weighted by Crippen LogP contribution is -2.40. The number of hydrogen-bond donors (Lipinski definition) is 1. The molecule has 90 valence electrons. The summed E-state index contributed by atoms with van der Waals surface area (Å²) in [7, 11) is 1.75. The van der Waals surface area contributed by atoms with Crippen molar-refractivity contribution in [3.63, 3.8) is 0 Å². The predicted octanol–water partition coefficient (Wildman–Crippen LogP) is 1.96. The lowest BCUT2D eigenvalue weighted by molar-refractivity contribution is -0.0193. The lowest BCUT2D eigenvalue weighted by Gasteiger charge is -2.25. The molecule has 1 atom stereocenters. The van der Waals surface area contributed by atoms with Crippen molar-refractivity contribution < 1.29 is 9.47 Å². The van der Waals surface area contributed by atoms with E-state index in [-0.39, 0.29) is 11.2 Å². The van der Waals surface area contributed by atoms with Crippen LogP contribution >= 0.6 is 0 Å². The molecule has 15 heavy (non-hydrogen) atoms. The minimum absolute atomic E-state index is 0.0725. The van der Waals surface area contributed by atoms with Gasteiger partial charge in [-0.1, -0.05) is 0 Å². The zero-order valence-corrected chi connectivity index (χ0v) is 10.7. The van der Waals surface area contributed by atoms with Crippen molar-refractivity contribution in [1.82, 2.24) is 5.32 Å². The Labute approximate surface area is 93.5 Å². The predicted molar refractivity (Wildman–Crippen MR) is 62.1 cm³/mol. The van der Waals surface area contributed by atoms with E-state index in [4.69, 9.17) is 9.47 Å². The van der Waals surface area contributed by atoms with Gasteiger partial charge in [-0.05, 0) is 40.5 Å². The van der Waals surface area contributed by atoms with Gasteiger partial charge in [0, 0.05) is 20.2 Å². The molecule has 0 aromatic heterocycles. The second-order valence-electron chi connectivity index (χ2n) is 5.63. The zero-order valence-electron chi connectivity index (χ0n) is 10.7. The van der Waals surface area contributed by atoms with Crippen LogP contribution in [0.2, 0.25) is 0 Å². The molecule has 0 aromatic carbocycles. The summed E-state index contributed by atoms with van der Waals surface area (Å²) in [5.74, 6) is 0. The van der Waals surface area contributed by atoms with Crippen molar-refractivity contribution in [3.05, 3.63) is 0 Å². The standard InChI is InChI=1S/C12H25NO2/c1-11(2)7-6-10(15-11)8-13-9-12(3,4)14-5/h10,13H,6-9H2,1-5H3. The highest BCUT2D eigenvalue weighted by Crippen LogP contribution is 2.28. The Hall–Kier alpha value is -0.120. The Bertz CT molecular complexity index is 202. The number of nitrogens with one attached hydrogen (secondary N) is 1. The molecule has 0 saturated carbocycles. The second-order valence-corrected chi connectivity index (χ2v) is 5.63. The molecule has 3 heteroatoms. The Morgan fingerprint density at radius 3 is 2.60 bits per heavy atom. The number of hydrogen-bond acceptors (Lipinski definition) is 3. The molecule has 0 bridgehead atoms. The van der Waals surface area contributed by atoms with Gasteiger partial charge in [0.25, 0.3) is 0 Å². The van der Waals surface area contributed by atoms with Crippen molar-refractivity contribution in [2.75, 3.05) is 20.2 Å². The monoisotopic (exact) mass is 215 g/mol. The summed E-state index contributed by atoms with van der Waals surface area (Å²) in [6.45, 7) is 10.3. The lowest BCUT2D eigenvalue weighted by atomic mass is 10.1. The highest BCUT2D eigenvalue weighted by atomic mass is 16.5. The number of methoxy groups -OCH3 is 1. The van der Waals surface area contributed by atoms with E-state index in [1.807, 2.05) is 0 Å². The fourth-order valence-corrected chi connectivity index (χ4v) is 1.83. The second kappa shape index (κ2) is 4.81. The molecule has 1 aliphatic heterocycles. The van der Waals surface area contributed by atoms with Crippen LogP contribution in [0.1, 0.15) is 40.5 Å². The van der Waals surface area contributed by atoms with E-state index in [1.165, 1.54) is 0 Å². The van der Waals surface area contributed by atoms with Crippen LogP contribution in [0, 0.1) is 0 Å². The van der Waals surface area contributed by atoms with Crippen molar-refractivity contribution in [2.24, 2.45) is 0 Å². The highest BCUT2D eigenvalue weighted by molar-refractivity contribution is 4.82. The van der Waals surface area contributed by atoms with Crippen LogP contribution in [0.3, 0.4) is 0 Å². The maximum absolute atomic E-state index is 5.89. The quantitative estimate of drug-likeness (QED) is 0.760. The van der Waals surface area contributed by atoms with E-state index in [1.54, 1.807) is 7.11 Å². The molecule has 1 heterocycles. The maximum Gasteiger partial charge on any atom is 0.0746 e. The van der Waals surface area contributed by atoms with E-state index in [2.05, 4.69) is 33.0 Å². The summed E-state index contributed by atoms with van der Waals surface area (Å²) >= 11 is 0. The molecular weight excluding hydrogens is 190 g/mol. The van der Waals surface area contributed by atoms with Crippen LogP contribution in [0.25, 0.3) is 0 Å². The SMILES string of the molecule is COC(C)(C)CNCC1CCC(C)(C)O1. The molecule has 0 radical (unpaired) electrons. The Morgan fingerprint density at radius 1 is 1.47 bits per heavy atom. The van der Waals surface area contributed by atoms with Gasteiger partial charge >= 0.3 is 0 Å². The van der Waals surface area contributed by atoms with E-state index in [9.17, 15) is 0 Å². The van der Waals surface area contributed by atoms with Crippen molar-refractivity contribution in [1.29, 1.82) is 0 Å². The Kier molecular flexibility index (Phi) is 4.15. The Balaban J connectivity index is 2.17. The normalized spacial score (nSPS) is 25.8. The number of ether oxygens (including phenoxy) is 2. The molecule has 1 unspecified atom stereocenters. The first-order valence-electron chi connectivity index (χ1n) is 5.78. The van der Waals surface area contributed by atoms with Gasteiger partial charge in [-0.25, -0.2) is 0 Å². The molecule has 0 aliphatic carbocycles. The third-order valence-corrected chi connectivity index (χ3v) is 3.03. The average Bonchev–Trinajstić information content (AvgIpc) is 2.45. The van der Waals surface area contributed by atoms with Gasteiger partial charge in [-0.3, -0.25) is 0 Å². The fraction of sp³-hybridized carbons (Fsp3) is 1.00. The minimum atomic E-state index is -0.0892. The van der Waals surface area contributed by atoms with Gasteiger partial charge in [0.1, 0.15) is 0 Å². The smallest absolute Gasteiger partial charge is 0.0746 e. The maximum atomic E-state index is 5.89. The minimum Gasteiger partial charge on any atom is -0.377 e. The summed E-state index contributed by atoms with van der Waals surface area (Å²) in [6.07, 6.45) is 2.69. The molecule has 1 fully saturated rings. The first-order valence-corrected chi connectivity index (χ1v) is 5.78. The first-order chi connectivity index (χ1) is 6.85. The van der Waals surface area contributed by atoms with Crippen LogP contribution in [0.4, 0.5) is 0 Å². The van der Waals surface area contributed by atoms with Gasteiger partial charge in [0.15, 0.2) is 0 Å². The van der Waals surface area contributed by atoms with Crippen LogP contribution in [0.5, 0.6) is 0 Å². The topological polar surface area (TPSA) is 30.5 Å². The van der Waals surface area contributed by atoms with Crippen LogP contribution < -0.4 is 5.32 Å². The zero-order chi connectivity index (χ0) is 11.5. The molecule has 1 saturated heterocycles. The van der Waals surface area contributed by atoms with Crippen molar-refractivity contribution in [2.45, 2.75) is 57.8 Å². The first kappa shape index (κ1) is 12.9. The van der Waals surface area contributed by atoms with Gasteiger partial charge in [-0.15, -0.1) is 0 Å². The summed E-state index contributed by atoms with van der Waals surface area (Å²) in [4.78, 5) is 0. The molecule has 1 rings (SSSR count). The van der Waals surface area contributed by atoms with Gasteiger partial charge in [-0.2, -0.15) is 0 Å². The van der Waals surface area contributed by atoms with E-state index in [0.29, 0.717) is 6.10 Å². The van der Waals surface area contributed by atoms with E-state index >= 15 is 0 Å². The molecule has 3 nitrogen and oxygen atoms in total. The molecule has 1 aliphatic rings. The highest BCUT2D eigenvalue weighted by Gasteiger charge is 2.31. The third kappa shape index (κ3) is 4.49. The van der Waals surface area contributed by atoms with Crippen LogP contribution in [-0.4, -0.2) is 37.5 Å². The molecule has 0 amide bonds. The fourth-order valence-electron chi connectivity index (χ4n) is 1.83. The van der Waals surface area contributed by atoms with Gasteiger partial charge in [0.2, 0.25) is 0 Å². The van der Waals surface area contributed by atoms with E-state index < -0.39 is 0 Å². The Morgan fingerprint density at radius 2 is 2.13 bits per heavy atom. The summed E-state index contributed by atoms with van der Waals surface area (Å²) in [5.41, 5.74) is -0.0166. The molecular formula is C12H25NO2. The van der Waals surface area contributed by atoms with E-state index in [0.717, 1.165) is 25.9 Å². The van der Waals surface area contributed by atoms with Gasteiger partial charge < -0.3 is 14.8 Å². The van der Waals surface area contributed by atoms with Crippen LogP contribution in [0.15, 0.2) is 0 Å².